The van der Waals surface area contributed by atoms with Crippen LogP contribution in [-0.4, -0.2) is 41.3 Å². The summed E-state index contributed by atoms with van der Waals surface area (Å²) in [5.41, 5.74) is 2.26. The molecule has 1 aromatic carbocycles. The van der Waals surface area contributed by atoms with E-state index in [9.17, 15) is 4.79 Å². The molecule has 0 N–H and O–H groups in total. The molecule has 1 aliphatic carbocycles. The first-order chi connectivity index (χ1) is 13.6. The summed E-state index contributed by atoms with van der Waals surface area (Å²) in [7, 11) is 0. The summed E-state index contributed by atoms with van der Waals surface area (Å²) in [4.78, 5) is 16.7. The minimum Gasteiger partial charge on any atom is -0.338 e. The minimum atomic E-state index is 0.250. The molecule has 2 atom stereocenters. The fraction of sp³-hybridized carbons (Fsp3) is 0.708. The van der Waals surface area contributed by atoms with E-state index in [0.29, 0.717) is 5.92 Å². The summed E-state index contributed by atoms with van der Waals surface area (Å²) in [5.74, 6) is 2.34. The van der Waals surface area contributed by atoms with E-state index >= 15 is 0 Å². The summed E-state index contributed by atoms with van der Waals surface area (Å²) >= 11 is 1.88. The van der Waals surface area contributed by atoms with Gasteiger partial charge in [-0.25, -0.2) is 4.31 Å². The van der Waals surface area contributed by atoms with Gasteiger partial charge >= 0.3 is 0 Å². The molecule has 1 aromatic rings. The monoisotopic (exact) mass is 400 g/mol. The quantitative estimate of drug-likeness (QED) is 0.583. The molecular formula is C24H36N2OS. The van der Waals surface area contributed by atoms with Crippen molar-refractivity contribution in [1.82, 2.24) is 9.21 Å². The molecule has 0 spiro atoms. The molecule has 154 valence electrons. The third kappa shape index (κ3) is 4.59. The Balaban J connectivity index is 1.50. The van der Waals surface area contributed by atoms with Gasteiger partial charge in [0.15, 0.2) is 0 Å². The van der Waals surface area contributed by atoms with Gasteiger partial charge < -0.3 is 4.90 Å². The zero-order chi connectivity index (χ0) is 19.5. The zero-order valence-electron chi connectivity index (χ0n) is 17.7. The molecule has 3 aliphatic rings. The van der Waals surface area contributed by atoms with Crippen LogP contribution in [0.2, 0.25) is 0 Å². The van der Waals surface area contributed by atoms with E-state index in [1.807, 2.05) is 11.9 Å². The molecule has 1 amide bonds. The molecule has 28 heavy (non-hydrogen) atoms. The number of rotatable bonds is 4. The molecule has 0 aromatic heterocycles. The molecular weight excluding hydrogens is 364 g/mol. The van der Waals surface area contributed by atoms with Crippen molar-refractivity contribution in [3.05, 3.63) is 29.3 Å². The molecule has 3 nitrogen and oxygen atoms in total. The van der Waals surface area contributed by atoms with Crippen molar-refractivity contribution in [3.63, 3.8) is 0 Å². The number of likely N-dealkylation sites (tertiary alicyclic amines) is 1. The first-order valence-electron chi connectivity index (χ1n) is 11.5. The number of fused-ring (bicyclic) bond motifs is 1. The number of hydrogen-bond donors (Lipinski definition) is 0. The Hall–Kier alpha value is -1.00. The Morgan fingerprint density at radius 1 is 0.964 bits per heavy atom. The van der Waals surface area contributed by atoms with Gasteiger partial charge in [0.2, 0.25) is 0 Å². The molecule has 3 fully saturated rings. The van der Waals surface area contributed by atoms with E-state index in [2.05, 4.69) is 41.3 Å². The summed E-state index contributed by atoms with van der Waals surface area (Å²) in [6.45, 7) is 8.76. The van der Waals surface area contributed by atoms with Gasteiger partial charge in [0.1, 0.15) is 0 Å². The summed E-state index contributed by atoms with van der Waals surface area (Å²) in [5, 5.41) is 0. The van der Waals surface area contributed by atoms with Gasteiger partial charge in [0, 0.05) is 36.6 Å². The van der Waals surface area contributed by atoms with Gasteiger partial charge in [0.05, 0.1) is 0 Å². The molecule has 4 heteroatoms. The smallest absolute Gasteiger partial charge is 0.253 e. The van der Waals surface area contributed by atoms with Gasteiger partial charge in [-0.1, -0.05) is 45.6 Å². The van der Waals surface area contributed by atoms with Gasteiger partial charge in [-0.15, -0.1) is 0 Å². The van der Waals surface area contributed by atoms with Crippen LogP contribution in [0.1, 0.15) is 87.1 Å². The number of benzene rings is 1. The number of carbonyl (C=O) groups excluding carboxylic acids is 1. The van der Waals surface area contributed by atoms with Crippen LogP contribution in [-0.2, 0) is 0 Å². The number of amides is 1. The maximum atomic E-state index is 13.3. The summed E-state index contributed by atoms with van der Waals surface area (Å²) in [6.07, 6.45) is 10.6. The molecule has 0 radical (unpaired) electrons. The average Bonchev–Trinajstić information content (AvgIpc) is 2.73. The van der Waals surface area contributed by atoms with Crippen molar-refractivity contribution in [1.29, 1.82) is 0 Å². The molecule has 0 bridgehead atoms. The first-order valence-corrected chi connectivity index (χ1v) is 12.3. The average molecular weight is 401 g/mol. The lowest BCUT2D eigenvalue weighted by molar-refractivity contribution is 0.0520. The molecule has 2 heterocycles. The maximum Gasteiger partial charge on any atom is 0.253 e. The Labute approximate surface area is 175 Å². The second kappa shape index (κ2) is 9.21. The van der Waals surface area contributed by atoms with E-state index in [4.69, 9.17) is 0 Å². The SMILES string of the molecule is CC(C)c1ccc(C(=O)N2CCC3CCCCC3C2)cc1SN1CCCCC1. The highest BCUT2D eigenvalue weighted by atomic mass is 32.2. The normalized spacial score (nSPS) is 26.3. The third-order valence-electron chi connectivity index (χ3n) is 7.00. The van der Waals surface area contributed by atoms with E-state index in [0.717, 1.165) is 43.6 Å². The predicted octanol–water partition coefficient (Wildman–Crippen LogP) is 5.96. The van der Waals surface area contributed by atoms with Gasteiger partial charge in [-0.2, -0.15) is 0 Å². The van der Waals surface area contributed by atoms with E-state index < -0.39 is 0 Å². The van der Waals surface area contributed by atoms with Crippen molar-refractivity contribution in [2.24, 2.45) is 11.8 Å². The van der Waals surface area contributed by atoms with Crippen LogP contribution in [0.4, 0.5) is 0 Å². The van der Waals surface area contributed by atoms with E-state index in [1.165, 1.54) is 61.8 Å². The molecule has 2 saturated heterocycles. The van der Waals surface area contributed by atoms with Crippen molar-refractivity contribution < 1.29 is 4.79 Å². The van der Waals surface area contributed by atoms with Crippen molar-refractivity contribution in [2.45, 2.75) is 76.0 Å². The van der Waals surface area contributed by atoms with Gasteiger partial charge in [0.25, 0.3) is 5.91 Å². The topological polar surface area (TPSA) is 23.6 Å². The second-order valence-corrected chi connectivity index (χ2v) is 10.5. The Kier molecular flexibility index (Phi) is 6.67. The molecule has 2 unspecified atom stereocenters. The molecule has 4 rings (SSSR count). The largest absolute Gasteiger partial charge is 0.338 e. The maximum absolute atomic E-state index is 13.3. The minimum absolute atomic E-state index is 0.250. The number of hydrogen-bond acceptors (Lipinski definition) is 3. The summed E-state index contributed by atoms with van der Waals surface area (Å²) < 4.78 is 2.49. The van der Waals surface area contributed by atoms with Crippen LogP contribution in [0.15, 0.2) is 23.1 Å². The highest BCUT2D eigenvalue weighted by molar-refractivity contribution is 7.97. The molecule has 2 aliphatic heterocycles. The van der Waals surface area contributed by atoms with Crippen LogP contribution >= 0.6 is 11.9 Å². The lowest BCUT2D eigenvalue weighted by Crippen LogP contribution is -2.44. The third-order valence-corrected chi connectivity index (χ3v) is 8.18. The van der Waals surface area contributed by atoms with E-state index in [1.54, 1.807) is 0 Å². The van der Waals surface area contributed by atoms with Crippen molar-refractivity contribution in [3.8, 4) is 0 Å². The Morgan fingerprint density at radius 2 is 1.71 bits per heavy atom. The van der Waals surface area contributed by atoms with Gasteiger partial charge in [-0.05, 0) is 73.1 Å². The Bertz CT molecular complexity index is 683. The van der Waals surface area contributed by atoms with Crippen molar-refractivity contribution in [2.75, 3.05) is 26.2 Å². The van der Waals surface area contributed by atoms with Crippen LogP contribution < -0.4 is 0 Å². The molecule has 1 saturated carbocycles. The van der Waals surface area contributed by atoms with E-state index in [-0.39, 0.29) is 5.91 Å². The number of carbonyl (C=O) groups is 1. The second-order valence-electron chi connectivity index (χ2n) is 9.33. The zero-order valence-corrected chi connectivity index (χ0v) is 18.5. The standard InChI is InChI=1S/C24H36N2OS/c1-18(2)22-11-10-20(16-23(22)28-26-13-6-3-7-14-26)24(27)25-15-12-19-8-4-5-9-21(19)17-25/h10-11,16,18-19,21H,3-9,12-15,17H2,1-2H3. The highest BCUT2D eigenvalue weighted by Crippen LogP contribution is 2.37. The lowest BCUT2D eigenvalue weighted by atomic mass is 9.75. The fourth-order valence-electron chi connectivity index (χ4n) is 5.29. The van der Waals surface area contributed by atoms with Crippen LogP contribution in [0.5, 0.6) is 0 Å². The Morgan fingerprint density at radius 3 is 2.46 bits per heavy atom. The lowest BCUT2D eigenvalue weighted by Gasteiger charge is -2.41. The van der Waals surface area contributed by atoms with Crippen LogP contribution in [0, 0.1) is 11.8 Å². The highest BCUT2D eigenvalue weighted by Gasteiger charge is 2.33. The van der Waals surface area contributed by atoms with Crippen LogP contribution in [0.25, 0.3) is 0 Å². The number of piperidine rings is 2. The predicted molar refractivity (Wildman–Crippen MR) is 118 cm³/mol. The fourth-order valence-corrected chi connectivity index (χ4v) is 6.59. The van der Waals surface area contributed by atoms with Crippen LogP contribution in [0.3, 0.4) is 0 Å². The first kappa shape index (κ1) is 20.3. The summed E-state index contributed by atoms with van der Waals surface area (Å²) in [6, 6.07) is 6.46. The van der Waals surface area contributed by atoms with Crippen molar-refractivity contribution >= 4 is 17.9 Å². The van der Waals surface area contributed by atoms with Gasteiger partial charge in [-0.3, -0.25) is 4.79 Å². The number of nitrogens with zero attached hydrogens (tertiary/aromatic N) is 2.